The summed E-state index contributed by atoms with van der Waals surface area (Å²) < 4.78 is 21.3. The number of unbranched alkanes of at least 4 members (excludes halogenated alkanes) is 11. The van der Waals surface area contributed by atoms with Crippen molar-refractivity contribution in [3.8, 4) is 0 Å². The molecule has 28 heavy (non-hydrogen) atoms. The topological polar surface area (TPSA) is 72.8 Å². The summed E-state index contributed by atoms with van der Waals surface area (Å²) in [6.45, 7) is 2.65. The van der Waals surface area contributed by atoms with Crippen molar-refractivity contribution in [2.75, 3.05) is 19.4 Å². The lowest BCUT2D eigenvalue weighted by atomic mass is 10.1. The summed E-state index contributed by atoms with van der Waals surface area (Å²) >= 11 is 0. The summed E-state index contributed by atoms with van der Waals surface area (Å²) in [6.07, 6.45) is 21.2. The van der Waals surface area contributed by atoms with Crippen molar-refractivity contribution in [3.63, 3.8) is 0 Å². The van der Waals surface area contributed by atoms with Gasteiger partial charge in [0.2, 0.25) is 0 Å². The highest BCUT2D eigenvalue weighted by atomic mass is 31.2. The number of esters is 1. The van der Waals surface area contributed by atoms with E-state index in [9.17, 15) is 14.3 Å². The van der Waals surface area contributed by atoms with Crippen molar-refractivity contribution in [1.82, 2.24) is 0 Å². The first-order valence-electron chi connectivity index (χ1n) is 11.3. The molecular formula is C22H41O5P. The van der Waals surface area contributed by atoms with Gasteiger partial charge in [-0.1, -0.05) is 70.4 Å². The van der Waals surface area contributed by atoms with Crippen LogP contribution < -0.4 is 0 Å². The molecule has 0 aromatic heterocycles. The van der Waals surface area contributed by atoms with E-state index in [1.165, 1.54) is 57.8 Å². The molecule has 0 aromatic rings. The van der Waals surface area contributed by atoms with Gasteiger partial charge in [0.1, 0.15) is 0 Å². The van der Waals surface area contributed by atoms with Gasteiger partial charge in [0, 0.05) is 12.3 Å². The first-order valence-corrected chi connectivity index (χ1v) is 13.1. The first-order chi connectivity index (χ1) is 13.5. The van der Waals surface area contributed by atoms with Crippen LogP contribution in [0.2, 0.25) is 0 Å². The maximum Gasteiger partial charge on any atom is 0.328 e. The van der Waals surface area contributed by atoms with Gasteiger partial charge in [-0.2, -0.15) is 0 Å². The van der Waals surface area contributed by atoms with Crippen LogP contribution in [0.4, 0.5) is 0 Å². The quantitative estimate of drug-likeness (QED) is 0.129. The number of hydrogen-bond acceptors (Lipinski definition) is 4. The van der Waals surface area contributed by atoms with Crippen molar-refractivity contribution < 1.29 is 23.5 Å². The molecule has 1 heterocycles. The van der Waals surface area contributed by atoms with E-state index in [0.717, 1.165) is 25.7 Å². The molecule has 0 aromatic carbocycles. The molecule has 0 bridgehead atoms. The highest BCUT2D eigenvalue weighted by Gasteiger charge is 2.34. The predicted octanol–water partition coefficient (Wildman–Crippen LogP) is 6.40. The Morgan fingerprint density at radius 3 is 2.14 bits per heavy atom. The molecule has 1 saturated heterocycles. The van der Waals surface area contributed by atoms with Gasteiger partial charge in [-0.15, -0.1) is 0 Å². The Hall–Kier alpha value is -0.640. The molecule has 0 aliphatic carbocycles. The number of ether oxygens (including phenoxy) is 1. The monoisotopic (exact) mass is 416 g/mol. The lowest BCUT2D eigenvalue weighted by Gasteiger charge is -2.08. The fourth-order valence-corrected chi connectivity index (χ4v) is 4.79. The van der Waals surface area contributed by atoms with Crippen LogP contribution in [0.25, 0.3) is 0 Å². The highest BCUT2D eigenvalue weighted by Crippen LogP contribution is 2.49. The van der Waals surface area contributed by atoms with E-state index in [1.54, 1.807) is 0 Å². The van der Waals surface area contributed by atoms with Crippen molar-refractivity contribution in [3.05, 3.63) is 12.2 Å². The molecule has 0 radical (unpaired) electrons. The van der Waals surface area contributed by atoms with Crippen LogP contribution in [-0.2, 0) is 18.6 Å². The third-order valence-corrected chi connectivity index (χ3v) is 6.65. The van der Waals surface area contributed by atoms with E-state index >= 15 is 0 Å². The molecule has 1 aliphatic heterocycles. The largest absolute Gasteiger partial charge is 0.465 e. The molecule has 5 nitrogen and oxygen atoms in total. The Kier molecular flexibility index (Phi) is 14.7. The van der Waals surface area contributed by atoms with E-state index in [-0.39, 0.29) is 31.3 Å². The molecule has 1 fully saturated rings. The maximum atomic E-state index is 11.7. The summed E-state index contributed by atoms with van der Waals surface area (Å²) in [5.41, 5.74) is 0. The molecule has 0 amide bonds. The highest BCUT2D eigenvalue weighted by molar-refractivity contribution is 7.53. The van der Waals surface area contributed by atoms with Gasteiger partial charge in [-0.3, -0.25) is 9.36 Å². The van der Waals surface area contributed by atoms with Gasteiger partial charge >= 0.3 is 13.6 Å². The third kappa shape index (κ3) is 14.4. The second kappa shape index (κ2) is 16.2. The van der Waals surface area contributed by atoms with E-state index in [2.05, 4.69) is 19.1 Å². The second-order valence-electron chi connectivity index (χ2n) is 8.00. The van der Waals surface area contributed by atoms with E-state index in [4.69, 9.17) is 9.26 Å². The fraction of sp³-hybridized carbons (Fsp3) is 0.864. The summed E-state index contributed by atoms with van der Waals surface area (Å²) in [6, 6.07) is 0. The van der Waals surface area contributed by atoms with Gasteiger partial charge in [0.05, 0.1) is 19.4 Å². The minimum absolute atomic E-state index is 0.0910. The van der Waals surface area contributed by atoms with Crippen molar-refractivity contribution in [1.29, 1.82) is 0 Å². The first kappa shape index (κ1) is 25.4. The van der Waals surface area contributed by atoms with Gasteiger partial charge in [0.25, 0.3) is 0 Å². The zero-order chi connectivity index (χ0) is 20.5. The number of hydrogen-bond donors (Lipinski definition) is 1. The summed E-state index contributed by atoms with van der Waals surface area (Å²) in [5.74, 6) is -0.355. The summed E-state index contributed by atoms with van der Waals surface area (Å²) in [7, 11) is -3.41. The number of carbonyl (C=O) groups is 1. The van der Waals surface area contributed by atoms with Crippen LogP contribution in [0.15, 0.2) is 12.2 Å². The van der Waals surface area contributed by atoms with Gasteiger partial charge in [-0.25, -0.2) is 0 Å². The molecule has 1 N–H and O–H groups in total. The van der Waals surface area contributed by atoms with Crippen LogP contribution >= 0.6 is 7.60 Å². The van der Waals surface area contributed by atoms with E-state index in [0.29, 0.717) is 6.42 Å². The Morgan fingerprint density at radius 1 is 1.00 bits per heavy atom. The normalized spacial score (nSPS) is 22.1. The molecule has 164 valence electrons. The molecule has 6 heteroatoms. The maximum absolute atomic E-state index is 11.7. The molecule has 2 atom stereocenters. The van der Waals surface area contributed by atoms with Gasteiger partial charge < -0.3 is 14.2 Å². The van der Waals surface area contributed by atoms with E-state index < -0.39 is 7.60 Å². The average molecular weight is 417 g/mol. The molecule has 0 spiro atoms. The zero-order valence-corrected chi connectivity index (χ0v) is 18.7. The smallest absolute Gasteiger partial charge is 0.328 e. The number of carbonyl (C=O) groups excluding carboxylic acids is 1. The van der Waals surface area contributed by atoms with Crippen LogP contribution in [0, 0.1) is 5.92 Å². The van der Waals surface area contributed by atoms with Gasteiger partial charge in [0.15, 0.2) is 0 Å². The van der Waals surface area contributed by atoms with Gasteiger partial charge in [-0.05, 0) is 32.1 Å². The lowest BCUT2D eigenvalue weighted by Crippen LogP contribution is -2.16. The second-order valence-corrected chi connectivity index (χ2v) is 9.90. The van der Waals surface area contributed by atoms with Crippen LogP contribution in [-0.4, -0.2) is 30.2 Å². The molecule has 0 saturated carbocycles. The predicted molar refractivity (Wildman–Crippen MR) is 115 cm³/mol. The summed E-state index contributed by atoms with van der Waals surface area (Å²) in [5, 5.41) is 0. The molecule has 1 aliphatic rings. The SMILES string of the molecule is CCCCCCCC/C=C\CCCCCCCC(=O)OCC1COP(=O)(O)C1. The van der Waals surface area contributed by atoms with Crippen molar-refractivity contribution in [2.24, 2.45) is 5.92 Å². The average Bonchev–Trinajstić information content (AvgIpc) is 3.02. The lowest BCUT2D eigenvalue weighted by molar-refractivity contribution is -0.145. The molecule has 1 rings (SSSR count). The van der Waals surface area contributed by atoms with Crippen molar-refractivity contribution in [2.45, 2.75) is 96.8 Å². The fourth-order valence-electron chi connectivity index (χ4n) is 3.38. The van der Waals surface area contributed by atoms with Crippen LogP contribution in [0.5, 0.6) is 0 Å². The van der Waals surface area contributed by atoms with E-state index in [1.807, 2.05) is 0 Å². The molecule has 2 unspecified atom stereocenters. The Morgan fingerprint density at radius 2 is 1.57 bits per heavy atom. The Bertz CT molecular complexity index is 478. The minimum Gasteiger partial charge on any atom is -0.465 e. The van der Waals surface area contributed by atoms with Crippen LogP contribution in [0.1, 0.15) is 96.8 Å². The molecular weight excluding hydrogens is 375 g/mol. The number of rotatable bonds is 17. The van der Waals surface area contributed by atoms with Crippen LogP contribution in [0.3, 0.4) is 0 Å². The standard InChI is InChI=1S/C22H41O5P/c1-2-3-4-5-6-7-8-9-10-11-12-13-14-15-16-17-22(23)26-18-21-19-27-28(24,25)20-21/h9-10,21H,2-8,11-20H2,1H3,(H,24,25)/b10-9-. The Balaban J connectivity index is 1.81. The third-order valence-electron chi connectivity index (χ3n) is 5.12. The summed E-state index contributed by atoms with van der Waals surface area (Å²) in [4.78, 5) is 21.0. The zero-order valence-electron chi connectivity index (χ0n) is 17.8. The number of allylic oxidation sites excluding steroid dienone is 2. The van der Waals surface area contributed by atoms with Crippen molar-refractivity contribution >= 4 is 13.6 Å². The minimum atomic E-state index is -3.41. The Labute approximate surface area is 171 Å².